The second kappa shape index (κ2) is 7.07. The molecule has 1 fully saturated rings. The van der Waals surface area contributed by atoms with Gasteiger partial charge in [-0.3, -0.25) is 4.90 Å². The average Bonchev–Trinajstić information content (AvgIpc) is 2.32. The molecule has 0 amide bonds. The highest BCUT2D eigenvalue weighted by atomic mass is 35.5. The number of halogens is 2. The largest absolute Gasteiger partial charge is 0.327 e. The molecule has 18 heavy (non-hydrogen) atoms. The predicted molar refractivity (Wildman–Crippen MR) is 75.3 cm³/mol. The summed E-state index contributed by atoms with van der Waals surface area (Å²) < 4.78 is 12.8. The Kier molecular flexibility index (Phi) is 6.06. The van der Waals surface area contributed by atoms with Gasteiger partial charge in [0.1, 0.15) is 5.82 Å². The van der Waals surface area contributed by atoms with Crippen LogP contribution in [0, 0.1) is 5.82 Å². The molecule has 1 aromatic rings. The Bertz CT molecular complexity index is 353. The minimum absolute atomic E-state index is 0. The number of benzene rings is 1. The Hall–Kier alpha value is -0.640. The third-order valence-electron chi connectivity index (χ3n) is 3.57. The molecule has 1 heterocycles. The van der Waals surface area contributed by atoms with Crippen molar-refractivity contribution in [3.05, 3.63) is 35.6 Å². The van der Waals surface area contributed by atoms with E-state index in [0.717, 1.165) is 13.1 Å². The van der Waals surface area contributed by atoms with E-state index in [1.54, 1.807) is 0 Å². The van der Waals surface area contributed by atoms with Gasteiger partial charge in [0.15, 0.2) is 0 Å². The Morgan fingerprint density at radius 1 is 1.33 bits per heavy atom. The summed E-state index contributed by atoms with van der Waals surface area (Å²) >= 11 is 0. The Morgan fingerprint density at radius 2 is 2.00 bits per heavy atom. The van der Waals surface area contributed by atoms with Gasteiger partial charge in [0.05, 0.1) is 0 Å². The van der Waals surface area contributed by atoms with E-state index < -0.39 is 0 Å². The molecule has 0 radical (unpaired) electrons. The van der Waals surface area contributed by atoms with E-state index in [0.29, 0.717) is 6.04 Å². The van der Waals surface area contributed by atoms with Crippen LogP contribution in [0.2, 0.25) is 0 Å². The first-order valence-electron chi connectivity index (χ1n) is 6.41. The molecule has 1 saturated heterocycles. The SMILES string of the molecule is CC(N)C1CCCCN1Cc1ccc(F)cc1.Cl. The number of piperidine rings is 1. The van der Waals surface area contributed by atoms with Crippen molar-refractivity contribution in [2.45, 2.75) is 44.8 Å². The second-order valence-corrected chi connectivity index (χ2v) is 5.02. The third-order valence-corrected chi connectivity index (χ3v) is 3.57. The van der Waals surface area contributed by atoms with Gasteiger partial charge in [-0.1, -0.05) is 18.6 Å². The lowest BCUT2D eigenvalue weighted by Crippen LogP contribution is -2.48. The second-order valence-electron chi connectivity index (χ2n) is 5.02. The highest BCUT2D eigenvalue weighted by molar-refractivity contribution is 5.85. The van der Waals surface area contributed by atoms with Crippen LogP contribution in [0.4, 0.5) is 4.39 Å². The molecule has 0 spiro atoms. The van der Waals surface area contributed by atoms with E-state index in [1.165, 1.54) is 37.0 Å². The van der Waals surface area contributed by atoms with E-state index in [1.807, 2.05) is 12.1 Å². The summed E-state index contributed by atoms with van der Waals surface area (Å²) in [6.07, 6.45) is 3.69. The van der Waals surface area contributed by atoms with Gasteiger partial charge in [0.25, 0.3) is 0 Å². The molecule has 2 nitrogen and oxygen atoms in total. The number of likely N-dealkylation sites (tertiary alicyclic amines) is 1. The van der Waals surface area contributed by atoms with Gasteiger partial charge in [0.2, 0.25) is 0 Å². The van der Waals surface area contributed by atoms with Crippen molar-refractivity contribution in [2.24, 2.45) is 5.73 Å². The molecule has 102 valence electrons. The standard InChI is InChI=1S/C14H21FN2.ClH/c1-11(16)14-4-2-3-9-17(14)10-12-5-7-13(15)8-6-12;/h5-8,11,14H,2-4,9-10,16H2,1H3;1H. The summed E-state index contributed by atoms with van der Waals surface area (Å²) in [5, 5.41) is 0. The molecule has 2 atom stereocenters. The molecule has 2 unspecified atom stereocenters. The van der Waals surface area contributed by atoms with E-state index in [4.69, 9.17) is 5.73 Å². The molecular formula is C14H22ClFN2. The Morgan fingerprint density at radius 3 is 2.61 bits per heavy atom. The first kappa shape index (κ1) is 15.4. The molecule has 1 aromatic carbocycles. The van der Waals surface area contributed by atoms with Gasteiger partial charge in [-0.05, 0) is 44.0 Å². The molecule has 0 aromatic heterocycles. The molecule has 1 aliphatic rings. The molecule has 0 saturated carbocycles. The number of nitrogens with zero attached hydrogens (tertiary/aromatic N) is 1. The third kappa shape index (κ3) is 3.94. The highest BCUT2D eigenvalue weighted by Crippen LogP contribution is 2.21. The summed E-state index contributed by atoms with van der Waals surface area (Å²) in [4.78, 5) is 2.43. The first-order valence-corrected chi connectivity index (χ1v) is 6.41. The van der Waals surface area contributed by atoms with Gasteiger partial charge in [-0.25, -0.2) is 4.39 Å². The van der Waals surface area contributed by atoms with Gasteiger partial charge in [-0.15, -0.1) is 12.4 Å². The quantitative estimate of drug-likeness (QED) is 0.917. The van der Waals surface area contributed by atoms with Crippen LogP contribution in [0.25, 0.3) is 0 Å². The Labute approximate surface area is 115 Å². The van der Waals surface area contributed by atoms with Crippen molar-refractivity contribution in [1.82, 2.24) is 4.90 Å². The van der Waals surface area contributed by atoms with Crippen LogP contribution in [0.1, 0.15) is 31.7 Å². The topological polar surface area (TPSA) is 29.3 Å². The van der Waals surface area contributed by atoms with Crippen molar-refractivity contribution < 1.29 is 4.39 Å². The fourth-order valence-electron chi connectivity index (χ4n) is 2.63. The zero-order chi connectivity index (χ0) is 12.3. The van der Waals surface area contributed by atoms with Crippen LogP contribution in [-0.2, 0) is 6.54 Å². The fraction of sp³-hybridized carbons (Fsp3) is 0.571. The lowest BCUT2D eigenvalue weighted by Gasteiger charge is -2.38. The van der Waals surface area contributed by atoms with Crippen molar-refractivity contribution in [1.29, 1.82) is 0 Å². The lowest BCUT2D eigenvalue weighted by atomic mass is 9.96. The first-order chi connectivity index (χ1) is 8.16. The maximum absolute atomic E-state index is 12.8. The monoisotopic (exact) mass is 272 g/mol. The average molecular weight is 273 g/mol. The van der Waals surface area contributed by atoms with Crippen LogP contribution < -0.4 is 5.73 Å². The van der Waals surface area contributed by atoms with E-state index >= 15 is 0 Å². The molecule has 0 aliphatic carbocycles. The molecule has 0 bridgehead atoms. The van der Waals surface area contributed by atoms with Crippen LogP contribution in [0.15, 0.2) is 24.3 Å². The molecule has 2 N–H and O–H groups in total. The Balaban J connectivity index is 0.00000162. The number of rotatable bonds is 3. The molecule has 1 aliphatic heterocycles. The fourth-order valence-corrected chi connectivity index (χ4v) is 2.63. The minimum Gasteiger partial charge on any atom is -0.327 e. The summed E-state index contributed by atoms with van der Waals surface area (Å²) in [5.74, 6) is -0.170. The number of hydrogen-bond acceptors (Lipinski definition) is 2. The zero-order valence-corrected chi connectivity index (χ0v) is 11.6. The normalized spacial score (nSPS) is 22.3. The smallest absolute Gasteiger partial charge is 0.123 e. The van der Waals surface area contributed by atoms with Gasteiger partial charge in [0, 0.05) is 18.6 Å². The van der Waals surface area contributed by atoms with Crippen molar-refractivity contribution in [2.75, 3.05) is 6.54 Å². The molecular weight excluding hydrogens is 251 g/mol. The van der Waals surface area contributed by atoms with Crippen LogP contribution in [0.5, 0.6) is 0 Å². The maximum atomic E-state index is 12.8. The van der Waals surface area contributed by atoms with Gasteiger partial charge in [-0.2, -0.15) is 0 Å². The van der Waals surface area contributed by atoms with E-state index in [9.17, 15) is 4.39 Å². The summed E-state index contributed by atoms with van der Waals surface area (Å²) in [7, 11) is 0. The van der Waals surface area contributed by atoms with E-state index in [2.05, 4.69) is 11.8 Å². The van der Waals surface area contributed by atoms with Crippen LogP contribution >= 0.6 is 12.4 Å². The van der Waals surface area contributed by atoms with E-state index in [-0.39, 0.29) is 24.3 Å². The predicted octanol–water partition coefficient (Wildman–Crippen LogP) is 2.95. The lowest BCUT2D eigenvalue weighted by molar-refractivity contribution is 0.123. The molecule has 2 rings (SSSR count). The zero-order valence-electron chi connectivity index (χ0n) is 10.8. The van der Waals surface area contributed by atoms with Crippen molar-refractivity contribution in [3.63, 3.8) is 0 Å². The summed E-state index contributed by atoms with van der Waals surface area (Å²) in [5.41, 5.74) is 7.20. The van der Waals surface area contributed by atoms with Crippen LogP contribution in [-0.4, -0.2) is 23.5 Å². The number of hydrogen-bond donors (Lipinski definition) is 1. The van der Waals surface area contributed by atoms with Gasteiger partial charge >= 0.3 is 0 Å². The van der Waals surface area contributed by atoms with Crippen molar-refractivity contribution >= 4 is 12.4 Å². The highest BCUT2D eigenvalue weighted by Gasteiger charge is 2.25. The van der Waals surface area contributed by atoms with Crippen LogP contribution in [0.3, 0.4) is 0 Å². The summed E-state index contributed by atoms with van der Waals surface area (Å²) in [6.45, 7) is 4.06. The summed E-state index contributed by atoms with van der Waals surface area (Å²) in [6, 6.07) is 7.45. The van der Waals surface area contributed by atoms with Crippen molar-refractivity contribution in [3.8, 4) is 0 Å². The van der Waals surface area contributed by atoms with Gasteiger partial charge < -0.3 is 5.73 Å². The maximum Gasteiger partial charge on any atom is 0.123 e. The minimum atomic E-state index is -0.170. The number of nitrogens with two attached hydrogens (primary N) is 1. The molecule has 4 heteroatoms.